The average molecular weight is 560 g/mol. The minimum absolute atomic E-state index is 0.227. The first-order valence-corrected chi connectivity index (χ1v) is 13.4. The second-order valence-corrected chi connectivity index (χ2v) is 10.1. The van der Waals surface area contributed by atoms with Crippen molar-refractivity contribution in [2.75, 3.05) is 5.32 Å². The van der Waals surface area contributed by atoms with Crippen LogP contribution < -0.4 is 16.3 Å². The van der Waals surface area contributed by atoms with Gasteiger partial charge in [0.1, 0.15) is 34.5 Å². The molecule has 0 aliphatic rings. The molecule has 4 heterocycles. The van der Waals surface area contributed by atoms with E-state index < -0.39 is 6.04 Å². The molecule has 7 aromatic rings. The van der Waals surface area contributed by atoms with Gasteiger partial charge in [0.25, 0.3) is 5.56 Å². The van der Waals surface area contributed by atoms with Gasteiger partial charge in [0, 0.05) is 34.3 Å². The molecule has 1 atom stereocenters. The number of nitrogens with one attached hydrogen (secondary N) is 2. The molecule has 7 rings (SSSR count). The lowest BCUT2D eigenvalue weighted by atomic mass is 10.0. The zero-order valence-corrected chi connectivity index (χ0v) is 22.5. The Bertz CT molecular complexity index is 2180. The molecule has 0 saturated carbocycles. The molecule has 4 aromatic heterocycles. The number of aromatic amines is 1. The van der Waals surface area contributed by atoms with Crippen molar-refractivity contribution < 1.29 is 4.42 Å². The maximum absolute atomic E-state index is 14.5. The van der Waals surface area contributed by atoms with Crippen molar-refractivity contribution in [1.82, 2.24) is 19.5 Å². The number of hydrogen-bond acceptors (Lipinski definition) is 6. The van der Waals surface area contributed by atoms with Crippen LogP contribution in [-0.2, 0) is 0 Å². The average Bonchev–Trinajstić information content (AvgIpc) is 3.43. The first-order chi connectivity index (χ1) is 20.0. The smallest absolute Gasteiger partial charge is 0.264 e. The lowest BCUT2D eigenvalue weighted by Crippen LogP contribution is -2.27. The van der Waals surface area contributed by atoms with Crippen LogP contribution in [0.1, 0.15) is 18.7 Å². The largest absolute Gasteiger partial charge is 0.456 e. The fraction of sp³-hybridized carbons (Fsp3) is 0.0625. The van der Waals surface area contributed by atoms with Gasteiger partial charge in [-0.2, -0.15) is 0 Å². The summed E-state index contributed by atoms with van der Waals surface area (Å²) < 4.78 is 7.77. The molecule has 0 saturated heterocycles. The Hall–Kier alpha value is -5.21. The molecule has 3 aromatic carbocycles. The lowest BCUT2D eigenvalue weighted by molar-refractivity contribution is 0.632. The number of halogens is 1. The van der Waals surface area contributed by atoms with Crippen LogP contribution in [0, 0.1) is 0 Å². The summed E-state index contributed by atoms with van der Waals surface area (Å²) in [6.07, 6.45) is 2.91. The molecular formula is C32H22ClN5O3. The van der Waals surface area contributed by atoms with E-state index in [9.17, 15) is 9.59 Å². The number of furan rings is 1. The second-order valence-electron chi connectivity index (χ2n) is 9.71. The number of H-pyrrole nitrogens is 1. The second kappa shape index (κ2) is 9.76. The highest BCUT2D eigenvalue weighted by molar-refractivity contribution is 6.36. The summed E-state index contributed by atoms with van der Waals surface area (Å²) in [5.41, 5.74) is 2.48. The maximum atomic E-state index is 14.5. The van der Waals surface area contributed by atoms with Crippen molar-refractivity contribution in [2.24, 2.45) is 0 Å². The van der Waals surface area contributed by atoms with E-state index in [0.717, 1.165) is 11.0 Å². The van der Waals surface area contributed by atoms with Gasteiger partial charge in [-0.05, 0) is 31.2 Å². The quantitative estimate of drug-likeness (QED) is 0.238. The number of aromatic nitrogens is 4. The van der Waals surface area contributed by atoms with E-state index in [4.69, 9.17) is 16.0 Å². The Balaban J connectivity index is 1.48. The highest BCUT2D eigenvalue weighted by Crippen LogP contribution is 2.38. The summed E-state index contributed by atoms with van der Waals surface area (Å²) in [4.78, 5) is 38.7. The first kappa shape index (κ1) is 24.8. The van der Waals surface area contributed by atoms with Crippen LogP contribution in [0.2, 0.25) is 5.02 Å². The zero-order chi connectivity index (χ0) is 28.1. The van der Waals surface area contributed by atoms with Gasteiger partial charge in [-0.3, -0.25) is 14.2 Å². The number of rotatable bonds is 5. The SMILES string of the molecule is C[C@H](Nc1ncnc2[nH]ccc(=O)c12)c1c(Cl)c2cccc(-c3cc4ccccc4o3)c2c(=O)n1-c1ccccc1. The lowest BCUT2D eigenvalue weighted by Gasteiger charge is -2.23. The van der Waals surface area contributed by atoms with Crippen molar-refractivity contribution >= 4 is 50.2 Å². The number of anilines is 1. The van der Waals surface area contributed by atoms with Gasteiger partial charge in [0.05, 0.1) is 22.1 Å². The molecule has 0 fully saturated rings. The fourth-order valence-corrected chi connectivity index (χ4v) is 5.76. The van der Waals surface area contributed by atoms with E-state index in [1.165, 1.54) is 18.6 Å². The number of hydrogen-bond donors (Lipinski definition) is 2. The van der Waals surface area contributed by atoms with Crippen LogP contribution in [-0.4, -0.2) is 19.5 Å². The molecule has 0 radical (unpaired) electrons. The molecule has 0 aliphatic carbocycles. The topological polar surface area (TPSA) is 106 Å². The molecule has 2 N–H and O–H groups in total. The monoisotopic (exact) mass is 559 g/mol. The van der Waals surface area contributed by atoms with E-state index in [1.54, 1.807) is 4.57 Å². The van der Waals surface area contributed by atoms with E-state index in [-0.39, 0.29) is 11.0 Å². The standard InChI is InChI=1S/C32H22ClN5O3/c1-18(37-31-27-23(39)14-15-34-30(27)35-17-36-31)29-28(33)22-12-7-11-21(25-16-19-8-5-6-13-24(19)41-25)26(22)32(40)38(29)20-9-3-2-4-10-20/h2-18H,1H3,(H2,34,35,36,37,39)/t18-/m0/s1. The molecule has 0 unspecified atom stereocenters. The Morgan fingerprint density at radius 2 is 1.73 bits per heavy atom. The van der Waals surface area contributed by atoms with Crippen LogP contribution in [0.15, 0.2) is 111 Å². The van der Waals surface area contributed by atoms with Crippen molar-refractivity contribution in [1.29, 1.82) is 0 Å². The molecular weight excluding hydrogens is 538 g/mol. The number of nitrogens with zero attached hydrogens (tertiary/aromatic N) is 3. The summed E-state index contributed by atoms with van der Waals surface area (Å²) in [6.45, 7) is 1.88. The molecule has 0 aliphatic heterocycles. The minimum atomic E-state index is -0.535. The Kier molecular flexibility index (Phi) is 5.91. The normalized spacial score (nSPS) is 12.2. The molecule has 200 valence electrons. The van der Waals surface area contributed by atoms with Crippen LogP contribution >= 0.6 is 11.6 Å². The number of benzene rings is 3. The summed E-state index contributed by atoms with van der Waals surface area (Å²) in [5, 5.41) is 6.01. The summed E-state index contributed by atoms with van der Waals surface area (Å²) in [6, 6.07) is 25.4. The molecule has 0 bridgehead atoms. The Morgan fingerprint density at radius 1 is 0.927 bits per heavy atom. The maximum Gasteiger partial charge on any atom is 0.264 e. The van der Waals surface area contributed by atoms with Crippen molar-refractivity contribution in [3.8, 4) is 17.0 Å². The molecule has 8 nitrogen and oxygen atoms in total. The van der Waals surface area contributed by atoms with Crippen LogP contribution in [0.25, 0.3) is 49.8 Å². The van der Waals surface area contributed by atoms with Crippen molar-refractivity contribution in [3.63, 3.8) is 0 Å². The molecule has 0 spiro atoms. The van der Waals surface area contributed by atoms with Crippen molar-refractivity contribution in [2.45, 2.75) is 13.0 Å². The third kappa shape index (κ3) is 4.08. The first-order valence-electron chi connectivity index (χ1n) is 13.0. The third-order valence-electron chi connectivity index (χ3n) is 7.20. The molecule has 9 heteroatoms. The summed E-state index contributed by atoms with van der Waals surface area (Å²) in [7, 11) is 0. The van der Waals surface area contributed by atoms with Crippen LogP contribution in [0.3, 0.4) is 0 Å². The van der Waals surface area contributed by atoms with Crippen molar-refractivity contribution in [3.05, 3.63) is 129 Å². The predicted octanol–water partition coefficient (Wildman–Crippen LogP) is 6.86. The van der Waals surface area contributed by atoms with Crippen LogP contribution in [0.4, 0.5) is 5.82 Å². The number of fused-ring (bicyclic) bond motifs is 3. The summed E-state index contributed by atoms with van der Waals surface area (Å²) in [5.74, 6) is 0.916. The van der Waals surface area contributed by atoms with Gasteiger partial charge >= 0.3 is 0 Å². The van der Waals surface area contributed by atoms with E-state index in [2.05, 4.69) is 20.3 Å². The van der Waals surface area contributed by atoms with Gasteiger partial charge in [-0.15, -0.1) is 0 Å². The Labute approximate surface area is 237 Å². The summed E-state index contributed by atoms with van der Waals surface area (Å²) >= 11 is 7.19. The van der Waals surface area contributed by atoms with E-state index >= 15 is 0 Å². The highest BCUT2D eigenvalue weighted by Gasteiger charge is 2.25. The molecule has 0 amide bonds. The van der Waals surface area contributed by atoms with Gasteiger partial charge in [-0.1, -0.05) is 66.2 Å². The predicted molar refractivity (Wildman–Crippen MR) is 162 cm³/mol. The third-order valence-corrected chi connectivity index (χ3v) is 7.60. The Morgan fingerprint density at radius 3 is 2.56 bits per heavy atom. The van der Waals surface area contributed by atoms with Gasteiger partial charge in [-0.25, -0.2) is 9.97 Å². The van der Waals surface area contributed by atoms with Crippen LogP contribution in [0.5, 0.6) is 0 Å². The number of para-hydroxylation sites is 2. The molecule has 41 heavy (non-hydrogen) atoms. The number of pyridine rings is 2. The van der Waals surface area contributed by atoms with E-state index in [1.807, 2.05) is 85.8 Å². The van der Waals surface area contributed by atoms with E-state index in [0.29, 0.717) is 55.4 Å². The van der Waals surface area contributed by atoms with Gasteiger partial charge in [0.2, 0.25) is 0 Å². The zero-order valence-electron chi connectivity index (χ0n) is 21.8. The van der Waals surface area contributed by atoms with Gasteiger partial charge in [0.15, 0.2) is 5.43 Å². The highest BCUT2D eigenvalue weighted by atomic mass is 35.5. The van der Waals surface area contributed by atoms with Gasteiger partial charge < -0.3 is 14.7 Å². The fourth-order valence-electron chi connectivity index (χ4n) is 5.35. The minimum Gasteiger partial charge on any atom is -0.456 e.